The second kappa shape index (κ2) is 9.07. The molecule has 0 aliphatic carbocycles. The van der Waals surface area contributed by atoms with Crippen LogP contribution in [0.5, 0.6) is 0 Å². The predicted octanol–water partition coefficient (Wildman–Crippen LogP) is 1.22. The fraction of sp³-hybridized carbons (Fsp3) is 0.533. The Kier molecular flexibility index (Phi) is 7.39. The Balaban J connectivity index is 2.33. The van der Waals surface area contributed by atoms with Gasteiger partial charge in [0.25, 0.3) is 0 Å². The number of esters is 1. The number of amides is 1. The molecule has 116 valence electrons. The van der Waals surface area contributed by atoms with Crippen LogP contribution in [0.15, 0.2) is 18.3 Å². The van der Waals surface area contributed by atoms with Crippen LogP contribution >= 0.6 is 0 Å². The second-order valence-electron chi connectivity index (χ2n) is 4.52. The number of hydrogen-bond donors (Lipinski definition) is 1. The van der Waals surface area contributed by atoms with E-state index in [1.54, 1.807) is 12.1 Å². The number of pyridine rings is 1. The van der Waals surface area contributed by atoms with Crippen molar-refractivity contribution in [3.63, 3.8) is 0 Å². The number of rotatable bonds is 8. The molecule has 0 saturated heterocycles. The Morgan fingerprint density at radius 3 is 2.52 bits per heavy atom. The first-order valence-corrected chi connectivity index (χ1v) is 7.14. The molecule has 0 aliphatic heterocycles. The number of nitrogens with zero attached hydrogens (tertiary/aromatic N) is 2. The first-order valence-electron chi connectivity index (χ1n) is 7.14. The molecule has 0 spiro atoms. The van der Waals surface area contributed by atoms with Crippen LogP contribution in [-0.2, 0) is 16.1 Å². The first-order chi connectivity index (χ1) is 10.1. The van der Waals surface area contributed by atoms with Gasteiger partial charge in [-0.25, -0.2) is 4.79 Å². The van der Waals surface area contributed by atoms with E-state index >= 15 is 0 Å². The third-order valence-corrected chi connectivity index (χ3v) is 3.18. The van der Waals surface area contributed by atoms with E-state index in [1.165, 1.54) is 13.3 Å². The summed E-state index contributed by atoms with van der Waals surface area (Å²) in [6.07, 6.45) is 1.96. The van der Waals surface area contributed by atoms with Crippen molar-refractivity contribution in [2.24, 2.45) is 0 Å². The minimum Gasteiger partial charge on any atom is -0.465 e. The third kappa shape index (κ3) is 5.51. The molecule has 0 bridgehead atoms. The van der Waals surface area contributed by atoms with Gasteiger partial charge in [-0.05, 0) is 26.0 Å². The van der Waals surface area contributed by atoms with E-state index in [2.05, 4.69) is 15.0 Å². The normalized spacial score (nSPS) is 10.2. The second-order valence-corrected chi connectivity index (χ2v) is 4.52. The third-order valence-electron chi connectivity index (χ3n) is 3.18. The summed E-state index contributed by atoms with van der Waals surface area (Å²) in [5.74, 6) is -0.242. The Morgan fingerprint density at radius 2 is 2.00 bits per heavy atom. The molecular formula is C15H23N3O3. The fourth-order valence-corrected chi connectivity index (χ4v) is 1.91. The lowest BCUT2D eigenvalue weighted by Gasteiger charge is -2.18. The number of aromatic nitrogens is 1. The summed E-state index contributed by atoms with van der Waals surface area (Å²) in [4.78, 5) is 29.0. The molecule has 1 aromatic rings. The Labute approximate surface area is 125 Å². The highest BCUT2D eigenvalue weighted by molar-refractivity contribution is 5.88. The van der Waals surface area contributed by atoms with Gasteiger partial charge in [0, 0.05) is 38.8 Å². The molecule has 6 heteroatoms. The summed E-state index contributed by atoms with van der Waals surface area (Å²) in [5, 5.41) is 3.17. The highest BCUT2D eigenvalue weighted by atomic mass is 16.5. The lowest BCUT2D eigenvalue weighted by Crippen LogP contribution is -2.32. The fourth-order valence-electron chi connectivity index (χ4n) is 1.91. The molecule has 21 heavy (non-hydrogen) atoms. The highest BCUT2D eigenvalue weighted by Gasteiger charge is 2.08. The van der Waals surface area contributed by atoms with Gasteiger partial charge in [0.15, 0.2) is 0 Å². The minimum atomic E-state index is -0.396. The molecule has 0 saturated carbocycles. The average Bonchev–Trinajstić information content (AvgIpc) is 2.52. The number of hydrogen-bond acceptors (Lipinski definition) is 5. The zero-order valence-corrected chi connectivity index (χ0v) is 12.9. The van der Waals surface area contributed by atoms with Crippen molar-refractivity contribution < 1.29 is 14.3 Å². The number of carbonyl (C=O) groups excluding carboxylic acids is 2. The van der Waals surface area contributed by atoms with Crippen LogP contribution in [0.4, 0.5) is 0 Å². The van der Waals surface area contributed by atoms with Crippen LogP contribution in [0.2, 0.25) is 0 Å². The Bertz CT molecular complexity index is 456. The number of carbonyl (C=O) groups is 2. The molecule has 0 atom stereocenters. The van der Waals surface area contributed by atoms with E-state index in [0.29, 0.717) is 25.1 Å². The smallest absolute Gasteiger partial charge is 0.339 e. The molecule has 0 radical (unpaired) electrons. The van der Waals surface area contributed by atoms with E-state index < -0.39 is 5.97 Å². The van der Waals surface area contributed by atoms with Crippen molar-refractivity contribution in [2.45, 2.75) is 26.8 Å². The average molecular weight is 293 g/mol. The van der Waals surface area contributed by atoms with Crippen molar-refractivity contribution >= 4 is 11.9 Å². The van der Waals surface area contributed by atoms with Crippen molar-refractivity contribution in [2.75, 3.05) is 26.7 Å². The molecular weight excluding hydrogens is 270 g/mol. The van der Waals surface area contributed by atoms with Gasteiger partial charge in [0.05, 0.1) is 18.4 Å². The monoisotopic (exact) mass is 293 g/mol. The molecule has 1 N–H and O–H groups in total. The number of methoxy groups -OCH3 is 1. The largest absolute Gasteiger partial charge is 0.465 e. The predicted molar refractivity (Wildman–Crippen MR) is 79.8 cm³/mol. The zero-order valence-electron chi connectivity index (χ0n) is 12.9. The quantitative estimate of drug-likeness (QED) is 0.576. The van der Waals surface area contributed by atoms with Crippen molar-refractivity contribution in [3.05, 3.63) is 29.6 Å². The molecule has 0 fully saturated rings. The summed E-state index contributed by atoms with van der Waals surface area (Å²) in [6, 6.07) is 3.45. The van der Waals surface area contributed by atoms with Gasteiger partial charge in [0.2, 0.25) is 5.91 Å². The molecule has 0 unspecified atom stereocenters. The first kappa shape index (κ1) is 17.1. The van der Waals surface area contributed by atoms with Gasteiger partial charge < -0.3 is 15.0 Å². The highest BCUT2D eigenvalue weighted by Crippen LogP contribution is 2.02. The lowest BCUT2D eigenvalue weighted by molar-refractivity contribution is -0.130. The maximum Gasteiger partial charge on any atom is 0.339 e. The summed E-state index contributed by atoms with van der Waals surface area (Å²) in [6.45, 7) is 6.60. The Morgan fingerprint density at radius 1 is 1.29 bits per heavy atom. The van der Waals surface area contributed by atoms with Gasteiger partial charge in [-0.15, -0.1) is 0 Å². The SMILES string of the molecule is CCN(CC)C(=O)CCNCc1ccc(C(=O)OC)cn1. The topological polar surface area (TPSA) is 71.5 Å². The molecule has 1 heterocycles. The molecule has 0 aliphatic rings. The summed E-state index contributed by atoms with van der Waals surface area (Å²) in [5.41, 5.74) is 1.25. The molecule has 1 rings (SSSR count). The van der Waals surface area contributed by atoms with Gasteiger partial charge in [0.1, 0.15) is 0 Å². The van der Waals surface area contributed by atoms with Crippen LogP contribution in [-0.4, -0.2) is 48.5 Å². The van der Waals surface area contributed by atoms with E-state index in [0.717, 1.165) is 18.8 Å². The van der Waals surface area contributed by atoms with E-state index in [-0.39, 0.29) is 5.91 Å². The maximum atomic E-state index is 11.8. The summed E-state index contributed by atoms with van der Waals surface area (Å²) >= 11 is 0. The van der Waals surface area contributed by atoms with Gasteiger partial charge in [-0.3, -0.25) is 9.78 Å². The summed E-state index contributed by atoms with van der Waals surface area (Å²) in [7, 11) is 1.34. The maximum absolute atomic E-state index is 11.8. The van der Waals surface area contributed by atoms with Crippen LogP contribution in [0, 0.1) is 0 Å². The van der Waals surface area contributed by atoms with E-state index in [4.69, 9.17) is 0 Å². The minimum absolute atomic E-state index is 0.154. The van der Waals surface area contributed by atoms with E-state index in [9.17, 15) is 9.59 Å². The van der Waals surface area contributed by atoms with Gasteiger partial charge in [-0.1, -0.05) is 0 Å². The zero-order chi connectivity index (χ0) is 15.7. The molecule has 0 aromatic carbocycles. The Hall–Kier alpha value is -1.95. The molecule has 6 nitrogen and oxygen atoms in total. The summed E-state index contributed by atoms with van der Waals surface area (Å²) < 4.78 is 4.61. The van der Waals surface area contributed by atoms with Crippen LogP contribution < -0.4 is 5.32 Å². The molecule has 1 amide bonds. The lowest BCUT2D eigenvalue weighted by atomic mass is 10.2. The number of ether oxygens (including phenoxy) is 1. The molecule has 1 aromatic heterocycles. The number of nitrogens with one attached hydrogen (secondary N) is 1. The van der Waals surface area contributed by atoms with Crippen molar-refractivity contribution in [3.8, 4) is 0 Å². The van der Waals surface area contributed by atoms with Crippen molar-refractivity contribution in [1.82, 2.24) is 15.2 Å². The van der Waals surface area contributed by atoms with Crippen LogP contribution in [0.25, 0.3) is 0 Å². The van der Waals surface area contributed by atoms with Crippen LogP contribution in [0.1, 0.15) is 36.3 Å². The van der Waals surface area contributed by atoms with E-state index in [1.807, 2.05) is 18.7 Å². The van der Waals surface area contributed by atoms with Crippen LogP contribution in [0.3, 0.4) is 0 Å². The standard InChI is InChI=1S/C15H23N3O3/c1-4-18(5-2)14(19)8-9-16-11-13-7-6-12(10-17-13)15(20)21-3/h6-7,10,16H,4-5,8-9,11H2,1-3H3. The van der Waals surface area contributed by atoms with Gasteiger partial charge >= 0.3 is 5.97 Å². The van der Waals surface area contributed by atoms with Gasteiger partial charge in [-0.2, -0.15) is 0 Å². The van der Waals surface area contributed by atoms with Crippen molar-refractivity contribution in [1.29, 1.82) is 0 Å².